The van der Waals surface area contributed by atoms with Crippen LogP contribution < -0.4 is 10.5 Å². The van der Waals surface area contributed by atoms with Crippen LogP contribution in [0, 0.1) is 5.92 Å². The lowest BCUT2D eigenvalue weighted by Gasteiger charge is -2.12. The number of rotatable bonds is 3. The molecule has 1 heterocycles. The molecule has 0 bridgehead atoms. The number of para-hydroxylation sites is 1. The summed E-state index contributed by atoms with van der Waals surface area (Å²) >= 11 is 0. The second-order valence-corrected chi connectivity index (χ2v) is 5.62. The Kier molecular flexibility index (Phi) is 3.65. The topological polar surface area (TPSA) is 98.5 Å². The zero-order valence-corrected chi connectivity index (χ0v) is 10.4. The first-order chi connectivity index (χ1) is 8.48. The standard InChI is InChI=1S/C11H14N2O4S/c12-18(15,16)10-4-2-1-3-9(10)13-11(14)8-5-6-17-7-8/h1-4,8H,5-7H2,(H,13,14)(H2,12,15,16). The van der Waals surface area contributed by atoms with Crippen LogP contribution in [0.15, 0.2) is 29.2 Å². The molecule has 0 aromatic heterocycles. The summed E-state index contributed by atoms with van der Waals surface area (Å²) in [7, 11) is -3.85. The van der Waals surface area contributed by atoms with E-state index in [1.165, 1.54) is 12.1 Å². The van der Waals surface area contributed by atoms with Crippen molar-refractivity contribution in [2.45, 2.75) is 11.3 Å². The predicted molar refractivity (Wildman–Crippen MR) is 65.4 cm³/mol. The molecular weight excluding hydrogens is 256 g/mol. The molecule has 7 heteroatoms. The minimum absolute atomic E-state index is 0.0859. The van der Waals surface area contributed by atoms with E-state index in [-0.39, 0.29) is 22.4 Å². The number of carbonyl (C=O) groups is 1. The molecule has 18 heavy (non-hydrogen) atoms. The van der Waals surface area contributed by atoms with Crippen molar-refractivity contribution in [2.75, 3.05) is 18.5 Å². The SMILES string of the molecule is NS(=O)(=O)c1ccccc1NC(=O)C1CCOC1. The fourth-order valence-corrected chi connectivity index (χ4v) is 2.49. The maximum absolute atomic E-state index is 11.9. The van der Waals surface area contributed by atoms with Crippen molar-refractivity contribution < 1.29 is 17.9 Å². The van der Waals surface area contributed by atoms with E-state index in [2.05, 4.69) is 5.32 Å². The van der Waals surface area contributed by atoms with Gasteiger partial charge in [-0.2, -0.15) is 0 Å². The molecule has 1 aliphatic rings. The second kappa shape index (κ2) is 5.05. The van der Waals surface area contributed by atoms with Crippen molar-refractivity contribution in [1.29, 1.82) is 0 Å². The van der Waals surface area contributed by atoms with Gasteiger partial charge in [-0.1, -0.05) is 12.1 Å². The zero-order chi connectivity index (χ0) is 13.2. The predicted octanol–water partition coefficient (Wildman–Crippen LogP) is 0.309. The second-order valence-electron chi connectivity index (χ2n) is 4.09. The summed E-state index contributed by atoms with van der Waals surface area (Å²) in [6.45, 7) is 0.915. The van der Waals surface area contributed by atoms with E-state index in [1.807, 2.05) is 0 Å². The molecule has 1 unspecified atom stereocenters. The van der Waals surface area contributed by atoms with E-state index in [4.69, 9.17) is 9.88 Å². The van der Waals surface area contributed by atoms with Crippen molar-refractivity contribution in [3.63, 3.8) is 0 Å². The lowest BCUT2D eigenvalue weighted by atomic mass is 10.1. The molecule has 1 saturated heterocycles. The molecule has 1 atom stereocenters. The van der Waals surface area contributed by atoms with Crippen LogP contribution in [0.3, 0.4) is 0 Å². The zero-order valence-electron chi connectivity index (χ0n) is 9.63. The van der Waals surface area contributed by atoms with Gasteiger partial charge in [-0.25, -0.2) is 13.6 Å². The molecule has 0 spiro atoms. The van der Waals surface area contributed by atoms with Crippen molar-refractivity contribution in [1.82, 2.24) is 0 Å². The first-order valence-electron chi connectivity index (χ1n) is 5.49. The third-order valence-corrected chi connectivity index (χ3v) is 3.72. The number of nitrogens with two attached hydrogens (primary N) is 1. The van der Waals surface area contributed by atoms with E-state index < -0.39 is 10.0 Å². The summed E-state index contributed by atoms with van der Waals surface area (Å²) in [6, 6.07) is 6.05. The summed E-state index contributed by atoms with van der Waals surface area (Å²) in [5.41, 5.74) is 0.205. The third kappa shape index (κ3) is 2.87. The lowest BCUT2D eigenvalue weighted by Crippen LogP contribution is -2.24. The highest BCUT2D eigenvalue weighted by Gasteiger charge is 2.25. The summed E-state index contributed by atoms with van der Waals surface area (Å²) in [5, 5.41) is 7.66. The number of amides is 1. The number of anilines is 1. The molecule has 0 radical (unpaired) electrons. The average molecular weight is 270 g/mol. The Morgan fingerprint density at radius 1 is 1.39 bits per heavy atom. The fraction of sp³-hybridized carbons (Fsp3) is 0.364. The van der Waals surface area contributed by atoms with Crippen LogP contribution in [0.2, 0.25) is 0 Å². The van der Waals surface area contributed by atoms with Gasteiger partial charge in [0.15, 0.2) is 0 Å². The highest BCUT2D eigenvalue weighted by molar-refractivity contribution is 7.89. The van der Waals surface area contributed by atoms with Crippen molar-refractivity contribution >= 4 is 21.6 Å². The Labute approximate surface area is 105 Å². The van der Waals surface area contributed by atoms with Crippen LogP contribution in [-0.2, 0) is 19.6 Å². The van der Waals surface area contributed by atoms with Crippen LogP contribution in [0.4, 0.5) is 5.69 Å². The molecule has 3 N–H and O–H groups in total. The van der Waals surface area contributed by atoms with Gasteiger partial charge in [0.1, 0.15) is 4.90 Å². The largest absolute Gasteiger partial charge is 0.381 e. The highest BCUT2D eigenvalue weighted by atomic mass is 32.2. The molecule has 6 nitrogen and oxygen atoms in total. The quantitative estimate of drug-likeness (QED) is 0.825. The van der Waals surface area contributed by atoms with Gasteiger partial charge >= 0.3 is 0 Å². The molecule has 1 aliphatic heterocycles. The molecule has 1 fully saturated rings. The van der Waals surface area contributed by atoms with E-state index in [1.54, 1.807) is 12.1 Å². The maximum atomic E-state index is 11.9. The first-order valence-corrected chi connectivity index (χ1v) is 7.03. The Hall–Kier alpha value is -1.44. The van der Waals surface area contributed by atoms with Crippen LogP contribution in [0.1, 0.15) is 6.42 Å². The van der Waals surface area contributed by atoms with Crippen molar-refractivity contribution in [3.05, 3.63) is 24.3 Å². The fourth-order valence-electron chi connectivity index (χ4n) is 1.79. The minimum atomic E-state index is -3.85. The Morgan fingerprint density at radius 3 is 2.72 bits per heavy atom. The molecule has 98 valence electrons. The van der Waals surface area contributed by atoms with E-state index in [9.17, 15) is 13.2 Å². The van der Waals surface area contributed by atoms with Crippen LogP contribution in [-0.4, -0.2) is 27.5 Å². The van der Waals surface area contributed by atoms with Gasteiger partial charge in [0.25, 0.3) is 0 Å². The number of sulfonamides is 1. The first kappa shape index (κ1) is 13.0. The average Bonchev–Trinajstić information content (AvgIpc) is 2.81. The van der Waals surface area contributed by atoms with Gasteiger partial charge in [0, 0.05) is 6.61 Å². The Balaban J connectivity index is 2.21. The number of hydrogen-bond acceptors (Lipinski definition) is 4. The van der Waals surface area contributed by atoms with Gasteiger partial charge in [-0.3, -0.25) is 4.79 Å². The number of ether oxygens (including phenoxy) is 1. The Morgan fingerprint density at radius 2 is 2.11 bits per heavy atom. The molecule has 1 amide bonds. The van der Waals surface area contributed by atoms with Crippen molar-refractivity contribution in [2.24, 2.45) is 11.1 Å². The van der Waals surface area contributed by atoms with Crippen LogP contribution in [0.25, 0.3) is 0 Å². The monoisotopic (exact) mass is 270 g/mol. The van der Waals surface area contributed by atoms with E-state index in [0.29, 0.717) is 19.6 Å². The molecule has 2 rings (SSSR count). The molecule has 0 aliphatic carbocycles. The highest BCUT2D eigenvalue weighted by Crippen LogP contribution is 2.21. The van der Waals surface area contributed by atoms with Gasteiger partial charge in [-0.15, -0.1) is 0 Å². The van der Waals surface area contributed by atoms with Gasteiger partial charge in [-0.05, 0) is 18.6 Å². The third-order valence-electron chi connectivity index (χ3n) is 2.75. The van der Waals surface area contributed by atoms with Gasteiger partial charge in [0.05, 0.1) is 18.2 Å². The number of benzene rings is 1. The molecule has 1 aromatic rings. The summed E-state index contributed by atoms with van der Waals surface area (Å²) in [6.07, 6.45) is 0.642. The summed E-state index contributed by atoms with van der Waals surface area (Å²) < 4.78 is 27.8. The number of hydrogen-bond donors (Lipinski definition) is 2. The summed E-state index contributed by atoms with van der Waals surface area (Å²) in [5.74, 6) is -0.484. The molecule has 1 aromatic carbocycles. The maximum Gasteiger partial charge on any atom is 0.240 e. The molecular formula is C11H14N2O4S. The van der Waals surface area contributed by atoms with E-state index >= 15 is 0 Å². The van der Waals surface area contributed by atoms with Gasteiger partial charge < -0.3 is 10.1 Å². The van der Waals surface area contributed by atoms with Gasteiger partial charge in [0.2, 0.25) is 15.9 Å². The van der Waals surface area contributed by atoms with E-state index in [0.717, 1.165) is 0 Å². The number of nitrogens with one attached hydrogen (secondary N) is 1. The smallest absolute Gasteiger partial charge is 0.240 e. The minimum Gasteiger partial charge on any atom is -0.381 e. The number of primary sulfonamides is 1. The summed E-state index contributed by atoms with van der Waals surface area (Å²) in [4.78, 5) is 11.8. The molecule has 0 saturated carbocycles. The lowest BCUT2D eigenvalue weighted by molar-refractivity contribution is -0.119. The number of carbonyl (C=O) groups excluding carboxylic acids is 1. The Bertz CT molecular complexity index is 550. The normalized spacial score (nSPS) is 19.7. The van der Waals surface area contributed by atoms with Crippen LogP contribution in [0.5, 0.6) is 0 Å². The van der Waals surface area contributed by atoms with Crippen LogP contribution >= 0.6 is 0 Å². The van der Waals surface area contributed by atoms with Crippen molar-refractivity contribution in [3.8, 4) is 0 Å².